The Morgan fingerprint density at radius 2 is 1.88 bits per heavy atom. The summed E-state index contributed by atoms with van der Waals surface area (Å²) in [6.45, 7) is 5.78. The van der Waals surface area contributed by atoms with Gasteiger partial charge in [0.05, 0.1) is 10.1 Å². The fourth-order valence-electron chi connectivity index (χ4n) is 2.50. The molecule has 0 aromatic heterocycles. The Bertz CT molecular complexity index is 630. The Labute approximate surface area is 146 Å². The molecule has 0 radical (unpaired) electrons. The van der Waals surface area contributed by atoms with Gasteiger partial charge in [-0.25, -0.2) is 8.42 Å². The maximum absolute atomic E-state index is 12.7. The van der Waals surface area contributed by atoms with E-state index in [0.29, 0.717) is 0 Å². The van der Waals surface area contributed by atoms with E-state index in [0.717, 1.165) is 19.3 Å². The van der Waals surface area contributed by atoms with Crippen molar-refractivity contribution in [2.45, 2.75) is 62.0 Å². The first-order valence-electron chi connectivity index (χ1n) is 8.61. The normalized spacial score (nSPS) is 13.0. The SMILES string of the molecule is C=CCC(CC(=O)/C=C/CCCCCC)S(=O)(=O)c1ccccc1. The first kappa shape index (κ1) is 20.4. The summed E-state index contributed by atoms with van der Waals surface area (Å²) in [5.41, 5.74) is 0. The molecule has 0 saturated carbocycles. The molecular formula is C20H28O3S. The van der Waals surface area contributed by atoms with Crippen LogP contribution in [0.4, 0.5) is 0 Å². The van der Waals surface area contributed by atoms with Crippen LogP contribution in [0.15, 0.2) is 60.0 Å². The first-order chi connectivity index (χ1) is 11.5. The molecule has 0 fully saturated rings. The minimum atomic E-state index is -3.53. The second-order valence-electron chi connectivity index (χ2n) is 5.93. The van der Waals surface area contributed by atoms with Crippen LogP contribution in [0, 0.1) is 0 Å². The van der Waals surface area contributed by atoms with E-state index in [-0.39, 0.29) is 23.5 Å². The third-order valence-corrected chi connectivity index (χ3v) is 6.06. The summed E-state index contributed by atoms with van der Waals surface area (Å²) in [6.07, 6.45) is 10.7. The lowest BCUT2D eigenvalue weighted by molar-refractivity contribution is -0.114. The number of ketones is 1. The van der Waals surface area contributed by atoms with Crippen LogP contribution in [-0.4, -0.2) is 19.5 Å². The molecule has 1 rings (SSSR count). The molecule has 0 aliphatic carbocycles. The zero-order valence-electron chi connectivity index (χ0n) is 14.5. The summed E-state index contributed by atoms with van der Waals surface area (Å²) >= 11 is 0. The van der Waals surface area contributed by atoms with Gasteiger partial charge in [0.15, 0.2) is 15.6 Å². The standard InChI is InChI=1S/C20H28O3S/c1-3-5-6-7-8-10-14-18(21)17-20(13-4-2)24(22,23)19-15-11-9-12-16-19/h4,9-12,14-16,20H,2-3,5-8,13,17H2,1H3/b14-10+. The van der Waals surface area contributed by atoms with E-state index in [2.05, 4.69) is 13.5 Å². The van der Waals surface area contributed by atoms with Gasteiger partial charge in [0.1, 0.15) is 0 Å². The van der Waals surface area contributed by atoms with Crippen molar-refractivity contribution in [1.82, 2.24) is 0 Å². The number of carbonyl (C=O) groups is 1. The molecule has 3 nitrogen and oxygen atoms in total. The van der Waals surface area contributed by atoms with E-state index in [9.17, 15) is 13.2 Å². The smallest absolute Gasteiger partial charge is 0.181 e. The number of benzene rings is 1. The van der Waals surface area contributed by atoms with Crippen LogP contribution in [0.1, 0.15) is 51.9 Å². The highest BCUT2D eigenvalue weighted by Gasteiger charge is 2.27. The van der Waals surface area contributed by atoms with Gasteiger partial charge in [-0.2, -0.15) is 0 Å². The first-order valence-corrected chi connectivity index (χ1v) is 10.2. The Hall–Kier alpha value is -1.68. The fraction of sp³-hybridized carbons (Fsp3) is 0.450. The largest absolute Gasteiger partial charge is 0.295 e. The lowest BCUT2D eigenvalue weighted by Gasteiger charge is -2.14. The molecule has 0 bridgehead atoms. The van der Waals surface area contributed by atoms with E-state index in [4.69, 9.17) is 0 Å². The van der Waals surface area contributed by atoms with Gasteiger partial charge >= 0.3 is 0 Å². The summed E-state index contributed by atoms with van der Waals surface area (Å²) in [5, 5.41) is -0.755. The molecule has 0 saturated heterocycles. The minimum Gasteiger partial charge on any atom is -0.295 e. The lowest BCUT2D eigenvalue weighted by atomic mass is 10.1. The van der Waals surface area contributed by atoms with Gasteiger partial charge in [0.25, 0.3) is 0 Å². The van der Waals surface area contributed by atoms with Crippen molar-refractivity contribution in [2.24, 2.45) is 0 Å². The average Bonchev–Trinajstić information content (AvgIpc) is 2.58. The maximum Gasteiger partial charge on any atom is 0.181 e. The Kier molecular flexibility index (Phi) is 9.31. The van der Waals surface area contributed by atoms with E-state index in [1.807, 2.05) is 6.08 Å². The van der Waals surface area contributed by atoms with E-state index < -0.39 is 15.1 Å². The second-order valence-corrected chi connectivity index (χ2v) is 8.15. The van der Waals surface area contributed by atoms with Crippen molar-refractivity contribution in [1.29, 1.82) is 0 Å². The van der Waals surface area contributed by atoms with Crippen molar-refractivity contribution in [3.05, 3.63) is 55.1 Å². The van der Waals surface area contributed by atoms with Gasteiger partial charge in [-0.3, -0.25) is 4.79 Å². The topological polar surface area (TPSA) is 51.2 Å². The van der Waals surface area contributed by atoms with Crippen molar-refractivity contribution in [3.63, 3.8) is 0 Å². The molecule has 1 aromatic carbocycles. The highest BCUT2D eigenvalue weighted by atomic mass is 32.2. The molecule has 0 amide bonds. The Balaban J connectivity index is 2.67. The number of unbranched alkanes of at least 4 members (excludes halogenated alkanes) is 4. The van der Waals surface area contributed by atoms with E-state index >= 15 is 0 Å². The van der Waals surface area contributed by atoms with Crippen molar-refractivity contribution in [2.75, 3.05) is 0 Å². The number of hydrogen-bond donors (Lipinski definition) is 0. The minimum absolute atomic E-state index is 0.00525. The van der Waals surface area contributed by atoms with Crippen LogP contribution in [0.2, 0.25) is 0 Å². The summed E-state index contributed by atoms with van der Waals surface area (Å²) in [7, 11) is -3.53. The Morgan fingerprint density at radius 3 is 2.50 bits per heavy atom. The van der Waals surface area contributed by atoms with E-state index in [1.165, 1.54) is 18.9 Å². The second kappa shape index (κ2) is 11.0. The van der Waals surface area contributed by atoms with Crippen LogP contribution in [0.3, 0.4) is 0 Å². The molecule has 1 aromatic rings. The zero-order chi connectivity index (χ0) is 17.8. The molecule has 1 unspecified atom stereocenters. The maximum atomic E-state index is 12.7. The van der Waals surface area contributed by atoms with Gasteiger partial charge in [-0.15, -0.1) is 6.58 Å². The number of hydrogen-bond acceptors (Lipinski definition) is 3. The van der Waals surface area contributed by atoms with Gasteiger partial charge in [-0.05, 0) is 37.5 Å². The number of rotatable bonds is 12. The highest BCUT2D eigenvalue weighted by molar-refractivity contribution is 7.92. The van der Waals surface area contributed by atoms with Gasteiger partial charge in [0.2, 0.25) is 0 Å². The summed E-state index contributed by atoms with van der Waals surface area (Å²) in [5.74, 6) is -0.142. The van der Waals surface area contributed by atoms with Crippen molar-refractivity contribution in [3.8, 4) is 0 Å². The summed E-state index contributed by atoms with van der Waals surface area (Å²) in [6, 6.07) is 8.29. The molecule has 24 heavy (non-hydrogen) atoms. The van der Waals surface area contributed by atoms with Crippen LogP contribution in [0.5, 0.6) is 0 Å². The van der Waals surface area contributed by atoms with Gasteiger partial charge in [0, 0.05) is 6.42 Å². The molecule has 0 N–H and O–H groups in total. The average molecular weight is 349 g/mol. The summed E-state index contributed by atoms with van der Waals surface area (Å²) in [4.78, 5) is 12.4. The third kappa shape index (κ3) is 6.83. The summed E-state index contributed by atoms with van der Waals surface area (Å²) < 4.78 is 25.4. The fourth-order valence-corrected chi connectivity index (χ4v) is 4.20. The third-order valence-electron chi connectivity index (χ3n) is 3.90. The van der Waals surface area contributed by atoms with Crippen LogP contribution < -0.4 is 0 Å². The van der Waals surface area contributed by atoms with E-state index in [1.54, 1.807) is 36.4 Å². The predicted octanol–water partition coefficient (Wildman–Crippen LogP) is 4.89. The van der Waals surface area contributed by atoms with Gasteiger partial charge < -0.3 is 0 Å². The molecule has 0 aliphatic heterocycles. The lowest BCUT2D eigenvalue weighted by Crippen LogP contribution is -2.23. The Morgan fingerprint density at radius 1 is 1.17 bits per heavy atom. The van der Waals surface area contributed by atoms with Gasteiger partial charge in [-0.1, -0.05) is 56.5 Å². The molecule has 4 heteroatoms. The van der Waals surface area contributed by atoms with Crippen LogP contribution in [0.25, 0.3) is 0 Å². The molecule has 0 spiro atoms. The highest BCUT2D eigenvalue weighted by Crippen LogP contribution is 2.21. The van der Waals surface area contributed by atoms with Crippen molar-refractivity contribution < 1.29 is 13.2 Å². The monoisotopic (exact) mass is 348 g/mol. The number of sulfone groups is 1. The molecule has 132 valence electrons. The predicted molar refractivity (Wildman–Crippen MR) is 99.8 cm³/mol. The molecule has 1 atom stereocenters. The van der Waals surface area contributed by atoms with Crippen LogP contribution >= 0.6 is 0 Å². The zero-order valence-corrected chi connectivity index (χ0v) is 15.3. The van der Waals surface area contributed by atoms with Crippen molar-refractivity contribution >= 4 is 15.6 Å². The molecule has 0 heterocycles. The number of allylic oxidation sites excluding steroid dienone is 3. The molecule has 0 aliphatic rings. The number of carbonyl (C=O) groups excluding carboxylic acids is 1. The molecular weight excluding hydrogens is 320 g/mol. The van der Waals surface area contributed by atoms with Crippen LogP contribution in [-0.2, 0) is 14.6 Å². The quantitative estimate of drug-likeness (QED) is 0.307.